The van der Waals surface area contributed by atoms with Crippen molar-refractivity contribution in [3.63, 3.8) is 0 Å². The van der Waals surface area contributed by atoms with Crippen molar-refractivity contribution >= 4 is 5.97 Å². The molecule has 1 N–H and O–H groups in total. The van der Waals surface area contributed by atoms with Gasteiger partial charge in [-0.25, -0.2) is 4.79 Å². The van der Waals surface area contributed by atoms with Gasteiger partial charge in [0.1, 0.15) is 11.4 Å². The number of phenols is 1. The number of esters is 1. The molecule has 0 unspecified atom stereocenters. The molecule has 0 spiro atoms. The van der Waals surface area contributed by atoms with Crippen molar-refractivity contribution in [3.8, 4) is 5.75 Å². The Balaban J connectivity index is 2.55. The van der Waals surface area contributed by atoms with E-state index in [-0.39, 0.29) is 5.97 Å². The van der Waals surface area contributed by atoms with Gasteiger partial charge in [-0.2, -0.15) is 0 Å². The van der Waals surface area contributed by atoms with E-state index in [0.29, 0.717) is 11.3 Å². The standard InChI is InChI=1S/C16H22O3/c1-9-10(2)14(17)12-8-6-7-11(12)13(9)15(18)19-16(3,4)5/h17H,6-8H2,1-5H3. The Kier molecular flexibility index (Phi) is 3.33. The lowest BCUT2D eigenvalue weighted by Gasteiger charge is -2.22. The predicted molar refractivity (Wildman–Crippen MR) is 74.8 cm³/mol. The Labute approximate surface area is 114 Å². The van der Waals surface area contributed by atoms with Crippen molar-refractivity contribution in [2.45, 2.75) is 59.5 Å². The summed E-state index contributed by atoms with van der Waals surface area (Å²) in [6.45, 7) is 9.35. The summed E-state index contributed by atoms with van der Waals surface area (Å²) in [5, 5.41) is 10.2. The van der Waals surface area contributed by atoms with E-state index in [1.165, 1.54) is 0 Å². The average Bonchev–Trinajstić information content (AvgIpc) is 2.72. The first-order valence-electron chi connectivity index (χ1n) is 6.79. The van der Waals surface area contributed by atoms with Crippen molar-refractivity contribution in [3.05, 3.63) is 27.8 Å². The zero-order valence-electron chi connectivity index (χ0n) is 12.4. The van der Waals surface area contributed by atoms with Gasteiger partial charge in [0.25, 0.3) is 0 Å². The third kappa shape index (κ3) is 2.46. The average molecular weight is 262 g/mol. The molecule has 0 atom stereocenters. The summed E-state index contributed by atoms with van der Waals surface area (Å²) in [7, 11) is 0. The minimum Gasteiger partial charge on any atom is -0.507 e. The highest BCUT2D eigenvalue weighted by Crippen LogP contribution is 2.38. The fraction of sp³-hybridized carbons (Fsp3) is 0.562. The van der Waals surface area contributed by atoms with Crippen molar-refractivity contribution in [2.75, 3.05) is 0 Å². The molecule has 2 rings (SSSR count). The number of hydrogen-bond acceptors (Lipinski definition) is 3. The molecule has 104 valence electrons. The molecule has 1 aromatic carbocycles. The zero-order valence-corrected chi connectivity index (χ0v) is 12.4. The molecule has 19 heavy (non-hydrogen) atoms. The van der Waals surface area contributed by atoms with Crippen LogP contribution in [-0.2, 0) is 17.6 Å². The Morgan fingerprint density at radius 2 is 1.68 bits per heavy atom. The fourth-order valence-electron chi connectivity index (χ4n) is 2.70. The van der Waals surface area contributed by atoms with Crippen LogP contribution < -0.4 is 0 Å². The first-order valence-corrected chi connectivity index (χ1v) is 6.79. The highest BCUT2D eigenvalue weighted by atomic mass is 16.6. The number of phenolic OH excluding ortho intramolecular Hbond substituents is 1. The van der Waals surface area contributed by atoms with Gasteiger partial charge in [-0.15, -0.1) is 0 Å². The lowest BCUT2D eigenvalue weighted by molar-refractivity contribution is 0.00675. The quantitative estimate of drug-likeness (QED) is 0.788. The number of ether oxygens (including phenoxy) is 1. The number of hydrogen-bond donors (Lipinski definition) is 1. The maximum atomic E-state index is 12.4. The van der Waals surface area contributed by atoms with Crippen molar-refractivity contribution in [1.82, 2.24) is 0 Å². The second-order valence-corrected chi connectivity index (χ2v) is 6.29. The summed E-state index contributed by atoms with van der Waals surface area (Å²) in [4.78, 5) is 12.4. The first-order chi connectivity index (χ1) is 8.72. The van der Waals surface area contributed by atoms with E-state index in [1.807, 2.05) is 34.6 Å². The molecule has 0 saturated carbocycles. The Morgan fingerprint density at radius 3 is 2.26 bits per heavy atom. The van der Waals surface area contributed by atoms with Crippen LogP contribution in [0.25, 0.3) is 0 Å². The van der Waals surface area contributed by atoms with Gasteiger partial charge in [-0.1, -0.05) is 0 Å². The predicted octanol–water partition coefficient (Wildman–Crippen LogP) is 3.45. The monoisotopic (exact) mass is 262 g/mol. The molecule has 0 aliphatic heterocycles. The summed E-state index contributed by atoms with van der Waals surface area (Å²) < 4.78 is 5.50. The van der Waals surface area contributed by atoms with Crippen LogP contribution in [0, 0.1) is 13.8 Å². The van der Waals surface area contributed by atoms with Gasteiger partial charge in [-0.05, 0) is 76.1 Å². The maximum Gasteiger partial charge on any atom is 0.339 e. The number of rotatable bonds is 1. The summed E-state index contributed by atoms with van der Waals surface area (Å²) in [6, 6.07) is 0. The highest BCUT2D eigenvalue weighted by molar-refractivity contribution is 5.94. The molecule has 0 amide bonds. The van der Waals surface area contributed by atoms with Gasteiger partial charge in [-0.3, -0.25) is 0 Å². The van der Waals surface area contributed by atoms with E-state index in [9.17, 15) is 9.90 Å². The molecule has 1 aliphatic rings. The van der Waals surface area contributed by atoms with Crippen molar-refractivity contribution in [2.24, 2.45) is 0 Å². The molecule has 0 saturated heterocycles. The number of carbonyl (C=O) groups excluding carboxylic acids is 1. The summed E-state index contributed by atoms with van der Waals surface area (Å²) in [5.41, 5.74) is 3.71. The van der Waals surface area contributed by atoms with Crippen LogP contribution in [0.1, 0.15) is 59.8 Å². The van der Waals surface area contributed by atoms with Gasteiger partial charge in [0.2, 0.25) is 0 Å². The van der Waals surface area contributed by atoms with E-state index >= 15 is 0 Å². The lowest BCUT2D eigenvalue weighted by atomic mass is 9.93. The third-order valence-electron chi connectivity index (χ3n) is 3.70. The fourth-order valence-corrected chi connectivity index (χ4v) is 2.70. The number of aromatic hydroxyl groups is 1. The van der Waals surface area contributed by atoms with Crippen LogP contribution in [0.15, 0.2) is 0 Å². The first kappa shape index (κ1) is 13.9. The van der Waals surface area contributed by atoms with E-state index in [0.717, 1.165) is 41.5 Å². The number of carbonyl (C=O) groups is 1. The second kappa shape index (κ2) is 4.55. The molecule has 0 bridgehead atoms. The molecule has 3 heteroatoms. The molecule has 0 radical (unpaired) electrons. The van der Waals surface area contributed by atoms with Crippen LogP contribution in [0.3, 0.4) is 0 Å². The molecular formula is C16H22O3. The largest absolute Gasteiger partial charge is 0.507 e. The molecule has 0 aromatic heterocycles. The smallest absolute Gasteiger partial charge is 0.339 e. The minimum atomic E-state index is -0.499. The van der Waals surface area contributed by atoms with Crippen molar-refractivity contribution in [1.29, 1.82) is 0 Å². The summed E-state index contributed by atoms with van der Waals surface area (Å²) in [6.07, 6.45) is 2.68. The summed E-state index contributed by atoms with van der Waals surface area (Å²) >= 11 is 0. The van der Waals surface area contributed by atoms with Gasteiger partial charge < -0.3 is 9.84 Å². The van der Waals surface area contributed by atoms with Gasteiger partial charge in [0.15, 0.2) is 0 Å². The molecule has 1 aromatic rings. The van der Waals surface area contributed by atoms with Gasteiger partial charge in [0.05, 0.1) is 5.56 Å². The second-order valence-electron chi connectivity index (χ2n) is 6.29. The topological polar surface area (TPSA) is 46.5 Å². The molecule has 0 heterocycles. The number of benzene rings is 1. The maximum absolute atomic E-state index is 12.4. The van der Waals surface area contributed by atoms with Gasteiger partial charge in [0, 0.05) is 0 Å². The zero-order chi connectivity index (χ0) is 14.4. The number of fused-ring (bicyclic) bond motifs is 1. The Hall–Kier alpha value is -1.51. The van der Waals surface area contributed by atoms with Crippen LogP contribution in [-0.4, -0.2) is 16.7 Å². The van der Waals surface area contributed by atoms with Crippen LogP contribution in [0.4, 0.5) is 0 Å². The third-order valence-corrected chi connectivity index (χ3v) is 3.70. The SMILES string of the molecule is Cc1c(C)c(C(=O)OC(C)(C)C)c2c(c1O)CCC2. The molecular weight excluding hydrogens is 240 g/mol. The van der Waals surface area contributed by atoms with E-state index < -0.39 is 5.60 Å². The van der Waals surface area contributed by atoms with Crippen LogP contribution in [0.2, 0.25) is 0 Å². The van der Waals surface area contributed by atoms with Crippen LogP contribution >= 0.6 is 0 Å². The molecule has 1 aliphatic carbocycles. The van der Waals surface area contributed by atoms with Crippen molar-refractivity contribution < 1.29 is 14.6 Å². The Morgan fingerprint density at radius 1 is 1.11 bits per heavy atom. The molecule has 3 nitrogen and oxygen atoms in total. The van der Waals surface area contributed by atoms with Crippen LogP contribution in [0.5, 0.6) is 5.75 Å². The summed E-state index contributed by atoms with van der Waals surface area (Å²) in [5.74, 6) is 0.0866. The normalized spacial score (nSPS) is 14.4. The Bertz CT molecular complexity index is 536. The van der Waals surface area contributed by atoms with E-state index in [1.54, 1.807) is 0 Å². The minimum absolute atomic E-state index is 0.272. The lowest BCUT2D eigenvalue weighted by Crippen LogP contribution is -2.25. The van der Waals surface area contributed by atoms with E-state index in [2.05, 4.69) is 0 Å². The van der Waals surface area contributed by atoms with Gasteiger partial charge >= 0.3 is 5.97 Å². The molecule has 0 fully saturated rings. The highest BCUT2D eigenvalue weighted by Gasteiger charge is 2.29. The van der Waals surface area contributed by atoms with E-state index in [4.69, 9.17) is 4.74 Å².